The summed E-state index contributed by atoms with van der Waals surface area (Å²) in [4.78, 5) is 22.9. The molecule has 6 nitrogen and oxygen atoms in total. The van der Waals surface area contributed by atoms with Crippen molar-refractivity contribution in [1.29, 1.82) is 0 Å². The lowest BCUT2D eigenvalue weighted by atomic mass is 9.92. The second kappa shape index (κ2) is 5.80. The molecule has 110 valence electrons. The maximum atomic E-state index is 12.2. The van der Waals surface area contributed by atoms with E-state index in [9.17, 15) is 9.59 Å². The summed E-state index contributed by atoms with van der Waals surface area (Å²) in [6, 6.07) is 11.8. The topological polar surface area (TPSA) is 106 Å². The van der Waals surface area contributed by atoms with E-state index in [0.29, 0.717) is 11.3 Å². The minimum Gasteiger partial charge on any atom is -0.475 e. The molecule has 0 aliphatic rings. The van der Waals surface area contributed by atoms with E-state index in [-0.39, 0.29) is 18.2 Å². The van der Waals surface area contributed by atoms with Gasteiger partial charge in [-0.2, -0.15) is 0 Å². The number of nitrogens with two attached hydrogens (primary N) is 1. The van der Waals surface area contributed by atoms with Gasteiger partial charge in [0.15, 0.2) is 0 Å². The van der Waals surface area contributed by atoms with Crippen molar-refractivity contribution >= 4 is 11.9 Å². The summed E-state index contributed by atoms with van der Waals surface area (Å²) >= 11 is 0. The first-order valence-electron chi connectivity index (χ1n) is 6.36. The Bertz CT molecular complexity index is 647. The Morgan fingerprint density at radius 3 is 2.48 bits per heavy atom. The van der Waals surface area contributed by atoms with Gasteiger partial charge in [0.05, 0.1) is 6.54 Å². The molecule has 0 aliphatic carbocycles. The van der Waals surface area contributed by atoms with Crippen molar-refractivity contribution in [3.05, 3.63) is 59.5 Å². The number of aromatic carboxylic acids is 1. The molecule has 6 heteroatoms. The Morgan fingerprint density at radius 1 is 1.24 bits per heavy atom. The van der Waals surface area contributed by atoms with Crippen LogP contribution in [0.1, 0.15) is 28.8 Å². The zero-order chi connectivity index (χ0) is 15.5. The Balaban J connectivity index is 2.02. The number of carbonyl (C=O) groups is 2. The highest BCUT2D eigenvalue weighted by molar-refractivity contribution is 5.87. The number of amides is 1. The second-order valence-corrected chi connectivity index (χ2v) is 4.82. The maximum absolute atomic E-state index is 12.2. The zero-order valence-electron chi connectivity index (χ0n) is 11.5. The number of hydrogen-bond donors (Lipinski definition) is 3. The Kier molecular flexibility index (Phi) is 4.09. The zero-order valence-corrected chi connectivity index (χ0v) is 11.5. The van der Waals surface area contributed by atoms with Crippen molar-refractivity contribution in [3.63, 3.8) is 0 Å². The van der Waals surface area contributed by atoms with Crippen molar-refractivity contribution in [2.75, 3.05) is 0 Å². The molecule has 0 aliphatic heterocycles. The summed E-state index contributed by atoms with van der Waals surface area (Å²) in [5, 5.41) is 11.4. The molecule has 2 rings (SSSR count). The molecule has 21 heavy (non-hydrogen) atoms. The smallest absolute Gasteiger partial charge is 0.371 e. The summed E-state index contributed by atoms with van der Waals surface area (Å²) in [5.41, 5.74) is 5.57. The lowest BCUT2D eigenvalue weighted by Crippen LogP contribution is -2.48. The molecular weight excluding hydrogens is 272 g/mol. The van der Waals surface area contributed by atoms with Gasteiger partial charge in [0, 0.05) is 0 Å². The van der Waals surface area contributed by atoms with Crippen LogP contribution in [-0.4, -0.2) is 17.0 Å². The summed E-state index contributed by atoms with van der Waals surface area (Å²) in [7, 11) is 0. The van der Waals surface area contributed by atoms with Crippen LogP contribution in [0.2, 0.25) is 0 Å². The first-order chi connectivity index (χ1) is 9.91. The standard InChI is InChI=1S/C15H16N2O4/c1-15(16,10-5-3-2-4-6-10)14(20)17-9-11-7-8-12(21-11)13(18)19/h2-8H,9,16H2,1H3,(H,17,20)(H,18,19). The fourth-order valence-electron chi connectivity index (χ4n) is 1.85. The highest BCUT2D eigenvalue weighted by Crippen LogP contribution is 2.17. The van der Waals surface area contributed by atoms with E-state index in [1.54, 1.807) is 31.2 Å². The van der Waals surface area contributed by atoms with Crippen LogP contribution in [-0.2, 0) is 16.9 Å². The minimum absolute atomic E-state index is 0.0751. The van der Waals surface area contributed by atoms with Crippen molar-refractivity contribution in [3.8, 4) is 0 Å². The van der Waals surface area contributed by atoms with Gasteiger partial charge < -0.3 is 20.6 Å². The van der Waals surface area contributed by atoms with Crippen LogP contribution in [0.4, 0.5) is 0 Å². The van der Waals surface area contributed by atoms with E-state index in [0.717, 1.165) is 0 Å². The van der Waals surface area contributed by atoms with Crippen LogP contribution in [0.3, 0.4) is 0 Å². The molecule has 1 aromatic heterocycles. The Morgan fingerprint density at radius 2 is 1.90 bits per heavy atom. The third-order valence-corrected chi connectivity index (χ3v) is 3.14. The van der Waals surface area contributed by atoms with Gasteiger partial charge in [-0.3, -0.25) is 4.79 Å². The van der Waals surface area contributed by atoms with Crippen molar-refractivity contribution in [2.45, 2.75) is 19.0 Å². The van der Waals surface area contributed by atoms with Crippen molar-refractivity contribution in [1.82, 2.24) is 5.32 Å². The van der Waals surface area contributed by atoms with Crippen molar-refractivity contribution in [2.24, 2.45) is 5.73 Å². The number of hydrogen-bond acceptors (Lipinski definition) is 4. The SMILES string of the molecule is CC(N)(C(=O)NCc1ccc(C(=O)O)o1)c1ccccc1. The number of benzene rings is 1. The summed E-state index contributed by atoms with van der Waals surface area (Å²) in [6.45, 7) is 1.69. The molecule has 0 bridgehead atoms. The summed E-state index contributed by atoms with van der Waals surface area (Å²) in [5.74, 6) is -1.34. The van der Waals surface area contributed by atoms with Crippen LogP contribution < -0.4 is 11.1 Å². The lowest BCUT2D eigenvalue weighted by molar-refractivity contribution is -0.126. The van der Waals surface area contributed by atoms with Crippen LogP contribution in [0, 0.1) is 0 Å². The van der Waals surface area contributed by atoms with Crippen molar-refractivity contribution < 1.29 is 19.1 Å². The predicted molar refractivity (Wildman–Crippen MR) is 75.5 cm³/mol. The van der Waals surface area contributed by atoms with Gasteiger partial charge in [-0.15, -0.1) is 0 Å². The maximum Gasteiger partial charge on any atom is 0.371 e. The molecule has 0 spiro atoms. The van der Waals surface area contributed by atoms with Crippen LogP contribution in [0.15, 0.2) is 46.9 Å². The average molecular weight is 288 g/mol. The Labute approximate surface area is 121 Å². The average Bonchev–Trinajstić information content (AvgIpc) is 2.94. The number of furan rings is 1. The highest BCUT2D eigenvalue weighted by Gasteiger charge is 2.30. The first-order valence-corrected chi connectivity index (χ1v) is 6.36. The fourth-order valence-corrected chi connectivity index (χ4v) is 1.85. The lowest BCUT2D eigenvalue weighted by Gasteiger charge is -2.23. The Hall–Kier alpha value is -2.60. The van der Waals surface area contributed by atoms with Gasteiger partial charge in [-0.25, -0.2) is 4.79 Å². The molecule has 1 atom stereocenters. The molecule has 0 radical (unpaired) electrons. The molecule has 4 N–H and O–H groups in total. The molecule has 1 heterocycles. The summed E-state index contributed by atoms with van der Waals surface area (Å²) < 4.78 is 5.06. The van der Waals surface area contributed by atoms with E-state index >= 15 is 0 Å². The monoisotopic (exact) mass is 288 g/mol. The molecule has 1 unspecified atom stereocenters. The number of nitrogens with one attached hydrogen (secondary N) is 1. The minimum atomic E-state index is -1.18. The molecule has 1 aromatic carbocycles. The first kappa shape index (κ1) is 14.8. The van der Waals surface area contributed by atoms with E-state index < -0.39 is 11.5 Å². The largest absolute Gasteiger partial charge is 0.475 e. The third-order valence-electron chi connectivity index (χ3n) is 3.14. The molecule has 0 fully saturated rings. The molecular formula is C15H16N2O4. The second-order valence-electron chi connectivity index (χ2n) is 4.82. The van der Waals surface area contributed by atoms with E-state index in [4.69, 9.17) is 15.3 Å². The number of carboxylic acids is 1. The highest BCUT2D eigenvalue weighted by atomic mass is 16.4. The van der Waals surface area contributed by atoms with Crippen LogP contribution >= 0.6 is 0 Å². The predicted octanol–water partition coefficient (Wildman–Crippen LogP) is 1.47. The molecule has 2 aromatic rings. The van der Waals surface area contributed by atoms with Gasteiger partial charge >= 0.3 is 5.97 Å². The van der Waals surface area contributed by atoms with Crippen LogP contribution in [0.25, 0.3) is 0 Å². The van der Waals surface area contributed by atoms with Gasteiger partial charge in [0.1, 0.15) is 11.3 Å². The molecule has 1 amide bonds. The number of carbonyl (C=O) groups excluding carboxylic acids is 1. The van der Waals surface area contributed by atoms with Gasteiger partial charge in [-0.05, 0) is 24.6 Å². The quantitative estimate of drug-likeness (QED) is 0.772. The molecule has 0 saturated heterocycles. The van der Waals surface area contributed by atoms with Gasteiger partial charge in [0.2, 0.25) is 11.7 Å². The fraction of sp³-hybridized carbons (Fsp3) is 0.200. The number of carboxylic acid groups (broad SMARTS) is 1. The van der Waals surface area contributed by atoms with E-state index in [1.165, 1.54) is 12.1 Å². The summed E-state index contributed by atoms with van der Waals surface area (Å²) in [6.07, 6.45) is 0. The van der Waals surface area contributed by atoms with Gasteiger partial charge in [-0.1, -0.05) is 30.3 Å². The number of rotatable bonds is 5. The normalized spacial score (nSPS) is 13.4. The van der Waals surface area contributed by atoms with E-state index in [2.05, 4.69) is 5.32 Å². The molecule has 0 saturated carbocycles. The van der Waals surface area contributed by atoms with Crippen LogP contribution in [0.5, 0.6) is 0 Å². The van der Waals surface area contributed by atoms with E-state index in [1.807, 2.05) is 6.07 Å². The van der Waals surface area contributed by atoms with Gasteiger partial charge in [0.25, 0.3) is 0 Å². The third kappa shape index (κ3) is 3.29.